The normalized spacial score (nSPS) is 28.1. The largest absolute Gasteiger partial charge is 0.339 e. The van der Waals surface area contributed by atoms with Gasteiger partial charge in [0, 0.05) is 32.0 Å². The Labute approximate surface area is 119 Å². The Balaban J connectivity index is 1.88. The van der Waals surface area contributed by atoms with Crippen LogP contribution in [-0.2, 0) is 10.0 Å². The monoisotopic (exact) mass is 296 g/mol. The number of nitrogens with zero attached hydrogens (tertiary/aromatic N) is 4. The van der Waals surface area contributed by atoms with Crippen LogP contribution in [0.25, 0.3) is 0 Å². The molecule has 110 valence electrons. The van der Waals surface area contributed by atoms with Crippen molar-refractivity contribution in [2.75, 3.05) is 30.8 Å². The quantitative estimate of drug-likeness (QED) is 0.810. The van der Waals surface area contributed by atoms with Crippen LogP contribution in [0.5, 0.6) is 0 Å². The molecule has 6 nitrogen and oxygen atoms in total. The zero-order valence-electron chi connectivity index (χ0n) is 11.7. The van der Waals surface area contributed by atoms with Crippen molar-refractivity contribution in [3.8, 4) is 0 Å². The molecule has 0 aliphatic carbocycles. The Morgan fingerprint density at radius 3 is 2.45 bits per heavy atom. The third kappa shape index (κ3) is 2.40. The van der Waals surface area contributed by atoms with Gasteiger partial charge in [-0.15, -0.1) is 0 Å². The van der Waals surface area contributed by atoms with E-state index in [9.17, 15) is 8.42 Å². The van der Waals surface area contributed by atoms with E-state index in [1.807, 2.05) is 0 Å². The predicted molar refractivity (Wildman–Crippen MR) is 77.0 cm³/mol. The molecule has 2 aliphatic rings. The molecule has 2 fully saturated rings. The van der Waals surface area contributed by atoms with E-state index in [0.29, 0.717) is 19.0 Å². The number of anilines is 1. The first-order valence-electron chi connectivity index (χ1n) is 7.01. The lowest BCUT2D eigenvalue weighted by Gasteiger charge is -2.44. The van der Waals surface area contributed by atoms with Gasteiger partial charge in [0.2, 0.25) is 16.0 Å². The van der Waals surface area contributed by atoms with Crippen molar-refractivity contribution in [1.82, 2.24) is 14.3 Å². The maximum atomic E-state index is 12.0. The Kier molecular flexibility index (Phi) is 3.41. The molecule has 2 saturated heterocycles. The predicted octanol–water partition coefficient (Wildman–Crippen LogP) is 0.871. The molecular weight excluding hydrogens is 276 g/mol. The molecule has 2 aliphatic heterocycles. The fourth-order valence-corrected chi connectivity index (χ4v) is 4.98. The van der Waals surface area contributed by atoms with Gasteiger partial charge in [0.25, 0.3) is 0 Å². The highest BCUT2D eigenvalue weighted by Gasteiger charge is 2.48. The van der Waals surface area contributed by atoms with Crippen molar-refractivity contribution in [2.45, 2.75) is 31.2 Å². The van der Waals surface area contributed by atoms with Crippen molar-refractivity contribution in [2.24, 2.45) is 0 Å². The second-order valence-corrected chi connectivity index (χ2v) is 7.64. The van der Waals surface area contributed by atoms with Crippen molar-refractivity contribution in [3.63, 3.8) is 0 Å². The van der Waals surface area contributed by atoms with Gasteiger partial charge < -0.3 is 4.90 Å². The first kappa shape index (κ1) is 13.8. The Morgan fingerprint density at radius 2 is 1.80 bits per heavy atom. The first-order valence-corrected chi connectivity index (χ1v) is 8.86. The van der Waals surface area contributed by atoms with E-state index in [1.54, 1.807) is 22.8 Å². The first-order chi connectivity index (χ1) is 9.51. The molecule has 7 heteroatoms. The van der Waals surface area contributed by atoms with Gasteiger partial charge in [-0.3, -0.25) is 0 Å². The third-order valence-electron chi connectivity index (χ3n) is 4.32. The molecule has 0 amide bonds. The van der Waals surface area contributed by atoms with E-state index in [0.717, 1.165) is 32.2 Å². The Hall–Kier alpha value is -1.21. The van der Waals surface area contributed by atoms with E-state index < -0.39 is 10.0 Å². The van der Waals surface area contributed by atoms with E-state index in [1.165, 1.54) is 6.26 Å². The number of hydrogen-bond acceptors (Lipinski definition) is 5. The third-order valence-corrected chi connectivity index (χ3v) is 5.69. The summed E-state index contributed by atoms with van der Waals surface area (Å²) in [5.41, 5.74) is -0.259. The Morgan fingerprint density at radius 1 is 1.15 bits per heavy atom. The average Bonchev–Trinajstić information content (AvgIpc) is 2.83. The van der Waals surface area contributed by atoms with Crippen LogP contribution in [0, 0.1) is 0 Å². The molecule has 1 aromatic rings. The van der Waals surface area contributed by atoms with E-state index >= 15 is 0 Å². The van der Waals surface area contributed by atoms with E-state index in [-0.39, 0.29) is 5.54 Å². The molecule has 0 radical (unpaired) electrons. The minimum atomic E-state index is -3.15. The molecule has 0 aromatic carbocycles. The van der Waals surface area contributed by atoms with Gasteiger partial charge in [-0.25, -0.2) is 18.4 Å². The van der Waals surface area contributed by atoms with Crippen LogP contribution < -0.4 is 4.90 Å². The van der Waals surface area contributed by atoms with E-state index in [2.05, 4.69) is 14.9 Å². The molecule has 0 unspecified atom stereocenters. The number of sulfonamides is 1. The lowest BCUT2D eigenvalue weighted by molar-refractivity contribution is 0.203. The lowest BCUT2D eigenvalue weighted by atomic mass is 9.88. The number of rotatable bonds is 2. The van der Waals surface area contributed by atoms with Gasteiger partial charge in [0.05, 0.1) is 11.8 Å². The molecule has 0 N–H and O–H groups in total. The van der Waals surface area contributed by atoms with Crippen LogP contribution in [0.4, 0.5) is 5.95 Å². The second-order valence-electron chi connectivity index (χ2n) is 5.74. The zero-order valence-corrected chi connectivity index (χ0v) is 12.5. The highest BCUT2D eigenvalue weighted by Crippen LogP contribution is 2.39. The lowest BCUT2D eigenvalue weighted by Crippen LogP contribution is -2.57. The second kappa shape index (κ2) is 4.96. The molecular formula is C13H20N4O2S. The summed E-state index contributed by atoms with van der Waals surface area (Å²) in [5, 5.41) is 0. The summed E-state index contributed by atoms with van der Waals surface area (Å²) in [6.07, 6.45) is 8.56. The maximum absolute atomic E-state index is 12.0. The summed E-state index contributed by atoms with van der Waals surface area (Å²) in [6.45, 7) is 2.23. The average molecular weight is 296 g/mol. The zero-order chi connectivity index (χ0) is 14.2. The summed E-state index contributed by atoms with van der Waals surface area (Å²) in [7, 11) is -3.15. The molecule has 3 heterocycles. The number of aromatic nitrogens is 2. The number of hydrogen-bond donors (Lipinski definition) is 0. The summed E-state index contributed by atoms with van der Waals surface area (Å²) >= 11 is 0. The van der Waals surface area contributed by atoms with E-state index in [4.69, 9.17) is 0 Å². The minimum absolute atomic E-state index is 0.259. The summed E-state index contributed by atoms with van der Waals surface area (Å²) in [4.78, 5) is 10.7. The minimum Gasteiger partial charge on any atom is -0.339 e. The molecule has 3 rings (SSSR count). The number of piperidine rings is 1. The van der Waals surface area contributed by atoms with Crippen molar-refractivity contribution >= 4 is 16.0 Å². The summed E-state index contributed by atoms with van der Waals surface area (Å²) in [6, 6.07) is 1.79. The SMILES string of the molecule is CS(=O)(=O)N1CCC[C@@]12CCCN(c1ncccn1)C2. The smallest absolute Gasteiger partial charge is 0.225 e. The topological polar surface area (TPSA) is 66.4 Å². The van der Waals surface area contributed by atoms with Crippen molar-refractivity contribution in [3.05, 3.63) is 18.5 Å². The Bertz CT molecular complexity index is 577. The van der Waals surface area contributed by atoms with Gasteiger partial charge in [-0.05, 0) is 31.7 Å². The van der Waals surface area contributed by atoms with Crippen molar-refractivity contribution in [1.29, 1.82) is 0 Å². The molecule has 1 spiro atoms. The molecule has 1 atom stereocenters. The van der Waals surface area contributed by atoms with Gasteiger partial charge >= 0.3 is 0 Å². The van der Waals surface area contributed by atoms with Crippen LogP contribution in [0.15, 0.2) is 18.5 Å². The fraction of sp³-hybridized carbons (Fsp3) is 0.692. The molecule has 1 aromatic heterocycles. The van der Waals surface area contributed by atoms with Crippen LogP contribution in [0.1, 0.15) is 25.7 Å². The summed E-state index contributed by atoms with van der Waals surface area (Å²) in [5.74, 6) is 0.701. The summed E-state index contributed by atoms with van der Waals surface area (Å²) < 4.78 is 25.8. The molecule has 0 saturated carbocycles. The fourth-order valence-electron chi connectivity index (χ4n) is 3.58. The van der Waals surface area contributed by atoms with Crippen LogP contribution in [0.2, 0.25) is 0 Å². The van der Waals surface area contributed by atoms with Crippen LogP contribution >= 0.6 is 0 Å². The van der Waals surface area contributed by atoms with Crippen molar-refractivity contribution < 1.29 is 8.42 Å². The van der Waals surface area contributed by atoms with Gasteiger partial charge in [-0.2, -0.15) is 4.31 Å². The molecule has 0 bridgehead atoms. The van der Waals surface area contributed by atoms with Crippen LogP contribution in [0.3, 0.4) is 0 Å². The van der Waals surface area contributed by atoms with Gasteiger partial charge in [0.15, 0.2) is 0 Å². The highest BCUT2D eigenvalue weighted by molar-refractivity contribution is 7.88. The molecule has 20 heavy (non-hydrogen) atoms. The standard InChI is InChI=1S/C13H20N4O2S/c1-20(18,19)17-10-3-6-13(17)5-2-9-16(11-13)12-14-7-4-8-15-12/h4,7-8H,2-3,5-6,9-11H2,1H3/t13-/m1/s1. The highest BCUT2D eigenvalue weighted by atomic mass is 32.2. The van der Waals surface area contributed by atoms with Gasteiger partial charge in [-0.1, -0.05) is 0 Å². The van der Waals surface area contributed by atoms with Crippen LogP contribution in [-0.4, -0.2) is 54.1 Å². The maximum Gasteiger partial charge on any atom is 0.225 e. The van der Waals surface area contributed by atoms with Gasteiger partial charge in [0.1, 0.15) is 0 Å².